The Morgan fingerprint density at radius 2 is 1.94 bits per heavy atom. The first kappa shape index (κ1) is 16.9. The zero-order chi connectivity index (χ0) is 11.4. The molecule has 0 amide bonds. The maximum Gasteiger partial charge on any atom is 1.00 e. The normalized spacial score (nSPS) is 9.17. The van der Waals surface area contributed by atoms with Gasteiger partial charge in [0.25, 0.3) is 0 Å². The zero-order valence-corrected chi connectivity index (χ0v) is 11.9. The van der Waals surface area contributed by atoms with E-state index in [-0.39, 0.29) is 47.3 Å². The predicted molar refractivity (Wildman–Crippen MR) is 56.9 cm³/mol. The van der Waals surface area contributed by atoms with Crippen molar-refractivity contribution >= 4 is 6.29 Å². The van der Waals surface area contributed by atoms with Crippen LogP contribution in [0.15, 0.2) is 30.5 Å². The molecule has 7 heteroatoms. The molecule has 1 heterocycles. The van der Waals surface area contributed by atoms with Gasteiger partial charge in [-0.2, -0.15) is 0 Å². The Balaban J connectivity index is 0.00000144. The van der Waals surface area contributed by atoms with Crippen LogP contribution in [0.5, 0.6) is 0 Å². The van der Waals surface area contributed by atoms with Crippen LogP contribution in [-0.4, -0.2) is 26.8 Å². The second-order valence-electron chi connectivity index (χ2n) is 3.36. The number of hydrogen-bond acceptors (Lipinski definition) is 4. The molecular weight excluding hydrogens is 248 g/mol. The fourth-order valence-electron chi connectivity index (χ4n) is 1.35. The Labute approximate surface area is 126 Å². The van der Waals surface area contributed by atoms with E-state index < -0.39 is 0 Å². The molecule has 0 aliphatic carbocycles. The number of nitrogens with zero attached hydrogens (tertiary/aromatic N) is 3. The summed E-state index contributed by atoms with van der Waals surface area (Å²) in [5, 5.41) is 7.64. The summed E-state index contributed by atoms with van der Waals surface area (Å²) in [5.41, 5.74) is 1.50. The Hall–Kier alpha value is -1.08. The second-order valence-corrected chi connectivity index (χ2v) is 3.36. The summed E-state index contributed by atoms with van der Waals surface area (Å²) in [4.78, 5) is 10.1. The fraction of sp³-hybridized carbons (Fsp3) is 0.182. The minimum absolute atomic E-state index is 0. The number of rotatable bonds is 4. The van der Waals surface area contributed by atoms with E-state index in [1.807, 2.05) is 0 Å². The van der Waals surface area contributed by atoms with Gasteiger partial charge in [0, 0.05) is 6.20 Å². The molecule has 2 rings (SSSR count). The van der Waals surface area contributed by atoms with E-state index >= 15 is 0 Å². The van der Waals surface area contributed by atoms with Crippen molar-refractivity contribution in [3.63, 3.8) is 0 Å². The van der Waals surface area contributed by atoms with Crippen LogP contribution in [0, 0.1) is 5.82 Å². The molecule has 0 saturated carbocycles. The van der Waals surface area contributed by atoms with E-state index in [1.165, 1.54) is 12.1 Å². The second kappa shape index (κ2) is 8.10. The molecule has 0 spiro atoms. The first-order chi connectivity index (χ1) is 7.78. The number of aromatic nitrogens is 3. The minimum Gasteiger partial charge on any atom is -0.870 e. The van der Waals surface area contributed by atoms with Gasteiger partial charge in [0.1, 0.15) is 5.82 Å². The van der Waals surface area contributed by atoms with Gasteiger partial charge in [-0.05, 0) is 17.7 Å². The average Bonchev–Trinajstić information content (AvgIpc) is 2.70. The number of carbonyl (C=O) groups excluding carboxylic acids is 1. The molecule has 1 N–H and O–H groups in total. The minimum atomic E-state index is -0.265. The summed E-state index contributed by atoms with van der Waals surface area (Å²) < 4.78 is 14.2. The SMILES string of the molecule is O=[C-]Cc1cn(Cc2ccc(F)cc2)nn1.[Na+].[OH-]. The van der Waals surface area contributed by atoms with Crippen LogP contribution in [0.25, 0.3) is 0 Å². The van der Waals surface area contributed by atoms with Gasteiger partial charge < -0.3 is 10.3 Å². The van der Waals surface area contributed by atoms with Crippen LogP contribution in [0.3, 0.4) is 0 Å². The topological polar surface area (TPSA) is 77.8 Å². The fourth-order valence-corrected chi connectivity index (χ4v) is 1.35. The van der Waals surface area contributed by atoms with Crippen molar-refractivity contribution in [2.45, 2.75) is 13.0 Å². The predicted octanol–water partition coefficient (Wildman–Crippen LogP) is -2.06. The van der Waals surface area contributed by atoms with E-state index in [4.69, 9.17) is 0 Å². The zero-order valence-electron chi connectivity index (χ0n) is 9.88. The molecule has 2 aromatic rings. The molecule has 0 bridgehead atoms. The number of halogens is 1. The summed E-state index contributed by atoms with van der Waals surface area (Å²) in [5.74, 6) is -0.265. The van der Waals surface area contributed by atoms with Gasteiger partial charge in [-0.25, -0.2) is 9.07 Å². The molecule has 0 radical (unpaired) electrons. The molecule has 0 atom stereocenters. The third kappa shape index (κ3) is 4.66. The smallest absolute Gasteiger partial charge is 0.870 e. The van der Waals surface area contributed by atoms with Crippen LogP contribution < -0.4 is 29.6 Å². The van der Waals surface area contributed by atoms with Gasteiger partial charge in [-0.15, -0.1) is 11.5 Å². The molecule has 0 fully saturated rings. The summed E-state index contributed by atoms with van der Waals surface area (Å²) in [6.07, 6.45) is 3.57. The van der Waals surface area contributed by atoms with Gasteiger partial charge >= 0.3 is 29.6 Å². The van der Waals surface area contributed by atoms with E-state index in [1.54, 1.807) is 29.3 Å². The van der Waals surface area contributed by atoms with Gasteiger partial charge in [-0.1, -0.05) is 17.3 Å². The summed E-state index contributed by atoms with van der Waals surface area (Å²) >= 11 is 0. The summed E-state index contributed by atoms with van der Waals surface area (Å²) in [6.45, 7) is 0.506. The van der Waals surface area contributed by atoms with Crippen LogP contribution in [0.2, 0.25) is 0 Å². The molecule has 0 saturated heterocycles. The van der Waals surface area contributed by atoms with Crippen molar-refractivity contribution in [2.75, 3.05) is 0 Å². The van der Waals surface area contributed by atoms with Crippen molar-refractivity contribution in [3.05, 3.63) is 47.5 Å². The maximum absolute atomic E-state index is 12.7. The summed E-state index contributed by atoms with van der Waals surface area (Å²) in [7, 11) is 0. The van der Waals surface area contributed by atoms with Crippen LogP contribution >= 0.6 is 0 Å². The van der Waals surface area contributed by atoms with E-state index in [2.05, 4.69) is 10.3 Å². The van der Waals surface area contributed by atoms with Crippen molar-refractivity contribution in [1.29, 1.82) is 0 Å². The van der Waals surface area contributed by atoms with Crippen LogP contribution in [-0.2, 0) is 17.8 Å². The van der Waals surface area contributed by atoms with Gasteiger partial charge in [0.05, 0.1) is 12.2 Å². The Kier molecular flexibility index (Phi) is 7.61. The third-order valence-electron chi connectivity index (χ3n) is 2.10. The average molecular weight is 258 g/mol. The van der Waals surface area contributed by atoms with E-state index in [9.17, 15) is 9.18 Å². The van der Waals surface area contributed by atoms with Crippen molar-refractivity contribution in [3.8, 4) is 0 Å². The first-order valence-corrected chi connectivity index (χ1v) is 4.76. The molecule has 1 aromatic heterocycles. The molecule has 90 valence electrons. The molecular formula is C11H10FN3NaO2-. The van der Waals surface area contributed by atoms with Gasteiger partial charge in [-0.3, -0.25) is 6.29 Å². The molecule has 18 heavy (non-hydrogen) atoms. The maximum atomic E-state index is 12.7. The molecule has 0 aliphatic heterocycles. The largest absolute Gasteiger partial charge is 1.00 e. The third-order valence-corrected chi connectivity index (χ3v) is 2.10. The number of hydrogen-bond donors (Lipinski definition) is 0. The quantitative estimate of drug-likeness (QED) is 0.467. The molecule has 0 unspecified atom stereocenters. The molecule has 5 nitrogen and oxygen atoms in total. The van der Waals surface area contributed by atoms with Crippen LogP contribution in [0.1, 0.15) is 11.3 Å². The number of benzene rings is 1. The summed E-state index contributed by atoms with van der Waals surface area (Å²) in [6, 6.07) is 6.16. The van der Waals surface area contributed by atoms with Crippen molar-refractivity contribution in [2.24, 2.45) is 0 Å². The Morgan fingerprint density at radius 3 is 2.56 bits per heavy atom. The van der Waals surface area contributed by atoms with E-state index in [0.717, 1.165) is 5.56 Å². The Morgan fingerprint density at radius 1 is 1.28 bits per heavy atom. The molecule has 0 aliphatic rings. The Bertz CT molecular complexity index is 487. The van der Waals surface area contributed by atoms with Crippen molar-refractivity contribution in [1.82, 2.24) is 15.0 Å². The first-order valence-electron chi connectivity index (χ1n) is 4.76. The van der Waals surface area contributed by atoms with Gasteiger partial charge in [0.15, 0.2) is 0 Å². The van der Waals surface area contributed by atoms with E-state index in [0.29, 0.717) is 12.2 Å². The van der Waals surface area contributed by atoms with Crippen LogP contribution in [0.4, 0.5) is 4.39 Å². The standard InChI is InChI=1S/C11H9FN3O.Na.H2O/c12-10-3-1-9(2-4-10)7-15-8-11(5-6-16)13-14-15;;/h1-4,8H,5,7H2;;1H2/q-1;+1;/p-1. The molecule has 1 aromatic carbocycles. The van der Waals surface area contributed by atoms with Crippen molar-refractivity contribution < 1.29 is 44.2 Å². The van der Waals surface area contributed by atoms with Gasteiger partial charge in [0.2, 0.25) is 0 Å². The monoisotopic (exact) mass is 258 g/mol.